The van der Waals surface area contributed by atoms with E-state index in [-0.39, 0.29) is 18.7 Å². The second kappa shape index (κ2) is 13.8. The fourth-order valence-corrected chi connectivity index (χ4v) is 5.95. The predicted octanol–water partition coefficient (Wildman–Crippen LogP) is 4.94. The third-order valence-corrected chi connectivity index (χ3v) is 8.55. The van der Waals surface area contributed by atoms with E-state index in [1.165, 1.54) is 21.2 Å². The first-order valence-corrected chi connectivity index (χ1v) is 15.0. The highest BCUT2D eigenvalue weighted by molar-refractivity contribution is 7.12. The van der Waals surface area contributed by atoms with Crippen LogP contribution in [0.4, 0.5) is 13.2 Å². The quantitative estimate of drug-likeness (QED) is 0.316. The van der Waals surface area contributed by atoms with Crippen molar-refractivity contribution in [2.45, 2.75) is 18.6 Å². The van der Waals surface area contributed by atoms with Gasteiger partial charge in [0.2, 0.25) is 0 Å². The fraction of sp³-hybridized carbons (Fsp3) is 0.387. The maximum absolute atomic E-state index is 14.1. The van der Waals surface area contributed by atoms with Crippen LogP contribution in [0.1, 0.15) is 38.8 Å². The molecule has 0 unspecified atom stereocenters. The number of hydrogen-bond donors (Lipinski definition) is 0. The van der Waals surface area contributed by atoms with E-state index in [4.69, 9.17) is 19.3 Å². The van der Waals surface area contributed by atoms with E-state index in [0.717, 1.165) is 34.9 Å². The molecule has 9 nitrogen and oxygen atoms in total. The first kappa shape index (κ1) is 31.5. The maximum Gasteiger partial charge on any atom is 0.416 e. The van der Waals surface area contributed by atoms with Crippen LogP contribution < -0.4 is 9.47 Å². The average molecular weight is 631 g/mol. The minimum atomic E-state index is -4.53. The molecule has 3 aromatic rings. The van der Waals surface area contributed by atoms with Crippen LogP contribution in [-0.4, -0.2) is 92.5 Å². The lowest BCUT2D eigenvalue weighted by Crippen LogP contribution is -2.46. The minimum Gasteiger partial charge on any atom is -0.497 e. The van der Waals surface area contributed by atoms with Crippen LogP contribution in [0.5, 0.6) is 11.5 Å². The Balaban J connectivity index is 1.44. The van der Waals surface area contributed by atoms with Crippen LogP contribution in [-0.2, 0) is 15.7 Å². The first-order valence-electron chi connectivity index (χ1n) is 14.1. The van der Waals surface area contributed by atoms with Gasteiger partial charge < -0.3 is 19.1 Å². The molecule has 1 saturated heterocycles. The summed E-state index contributed by atoms with van der Waals surface area (Å²) in [7, 11) is 3.10. The van der Waals surface area contributed by atoms with E-state index in [2.05, 4.69) is 4.90 Å². The highest BCUT2D eigenvalue weighted by Gasteiger charge is 2.37. The molecule has 0 radical (unpaired) electrons. The Bertz CT molecular complexity index is 1470. The highest BCUT2D eigenvalue weighted by atomic mass is 32.1. The Labute approximate surface area is 257 Å². The molecule has 0 saturated carbocycles. The van der Waals surface area contributed by atoms with Crippen LogP contribution in [0.2, 0.25) is 0 Å². The summed E-state index contributed by atoms with van der Waals surface area (Å²) in [5.74, 6) is 0.162. The monoisotopic (exact) mass is 630 g/mol. The third-order valence-electron chi connectivity index (χ3n) is 7.63. The number of ether oxygens (including phenoxy) is 3. The molecular formula is C31H33F3N4O5S. The van der Waals surface area contributed by atoms with Crippen molar-refractivity contribution in [2.75, 3.05) is 60.2 Å². The first-order chi connectivity index (χ1) is 21.2. The summed E-state index contributed by atoms with van der Waals surface area (Å²) in [5.41, 5.74) is 0.622. The number of methoxy groups -OCH3 is 2. The zero-order chi connectivity index (χ0) is 31.3. The number of thiophene rings is 1. The van der Waals surface area contributed by atoms with Crippen molar-refractivity contribution in [1.82, 2.24) is 14.8 Å². The Morgan fingerprint density at radius 2 is 1.82 bits per heavy atom. The largest absolute Gasteiger partial charge is 0.497 e. The smallest absolute Gasteiger partial charge is 0.416 e. The molecule has 44 heavy (non-hydrogen) atoms. The molecule has 1 atom stereocenters. The summed E-state index contributed by atoms with van der Waals surface area (Å²) in [6.45, 7) is 2.80. The van der Waals surface area contributed by atoms with Crippen LogP contribution >= 0.6 is 11.3 Å². The standard InChI is InChI=1S/C31H33F3N4O5S/c1-41-23-9-10-27(42-2)24(18-23)26-19-25(28-4-3-17-44-28)35-38(26)29(39)20-37(12-11-36-13-15-43-16-14-36)30(40)21-5-7-22(8-6-21)31(32,33)34/h3-10,17-18,26H,11-16,19-20H2,1-2H3/t26-/m1/s1. The van der Waals surface area contributed by atoms with E-state index in [9.17, 15) is 22.8 Å². The summed E-state index contributed by atoms with van der Waals surface area (Å²) in [4.78, 5) is 32.1. The van der Waals surface area contributed by atoms with Crippen molar-refractivity contribution in [3.8, 4) is 11.5 Å². The SMILES string of the molecule is COc1ccc(OC)c([C@H]2CC(c3cccs3)=NN2C(=O)CN(CCN2CCOCC2)C(=O)c2ccc(C(F)(F)F)cc2)c1. The Hall–Kier alpha value is -3.94. The van der Waals surface area contributed by atoms with Gasteiger partial charge in [-0.1, -0.05) is 6.07 Å². The summed E-state index contributed by atoms with van der Waals surface area (Å²) in [5, 5.41) is 8.03. The lowest BCUT2D eigenvalue weighted by atomic mass is 9.99. The highest BCUT2D eigenvalue weighted by Crippen LogP contribution is 2.40. The molecule has 2 aliphatic heterocycles. The van der Waals surface area contributed by atoms with Crippen molar-refractivity contribution < 1.29 is 37.0 Å². The number of morpholine rings is 1. The maximum atomic E-state index is 14.1. The second-order valence-electron chi connectivity index (χ2n) is 10.3. The van der Waals surface area contributed by atoms with Gasteiger partial charge in [-0.05, 0) is 53.9 Å². The molecule has 0 N–H and O–H groups in total. The zero-order valence-corrected chi connectivity index (χ0v) is 25.2. The van der Waals surface area contributed by atoms with Crippen molar-refractivity contribution in [2.24, 2.45) is 5.10 Å². The van der Waals surface area contributed by atoms with Crippen LogP contribution in [0.15, 0.2) is 65.1 Å². The predicted molar refractivity (Wildman–Crippen MR) is 159 cm³/mol. The molecule has 0 aliphatic carbocycles. The number of hydrogen-bond acceptors (Lipinski definition) is 8. The number of halogens is 3. The number of nitrogens with zero attached hydrogens (tertiary/aromatic N) is 4. The van der Waals surface area contributed by atoms with Crippen molar-refractivity contribution in [3.63, 3.8) is 0 Å². The van der Waals surface area contributed by atoms with Gasteiger partial charge in [-0.2, -0.15) is 18.3 Å². The molecule has 3 heterocycles. The Morgan fingerprint density at radius 3 is 2.45 bits per heavy atom. The van der Waals surface area contributed by atoms with Gasteiger partial charge in [0.15, 0.2) is 0 Å². The van der Waals surface area contributed by atoms with Gasteiger partial charge in [0.1, 0.15) is 18.0 Å². The van der Waals surface area contributed by atoms with Crippen LogP contribution in [0, 0.1) is 0 Å². The van der Waals surface area contributed by atoms with Gasteiger partial charge in [0.25, 0.3) is 11.8 Å². The van der Waals surface area contributed by atoms with Crippen molar-refractivity contribution in [3.05, 3.63) is 81.5 Å². The summed E-state index contributed by atoms with van der Waals surface area (Å²) in [6, 6.07) is 12.7. The van der Waals surface area contributed by atoms with E-state index < -0.39 is 29.6 Å². The number of carbonyl (C=O) groups is 2. The van der Waals surface area contributed by atoms with E-state index >= 15 is 0 Å². The number of alkyl halides is 3. The molecule has 1 fully saturated rings. The van der Waals surface area contributed by atoms with Gasteiger partial charge in [-0.15, -0.1) is 11.3 Å². The van der Waals surface area contributed by atoms with E-state index in [1.54, 1.807) is 32.4 Å². The van der Waals surface area contributed by atoms with E-state index in [1.807, 2.05) is 17.5 Å². The average Bonchev–Trinajstić information content (AvgIpc) is 3.73. The van der Waals surface area contributed by atoms with Gasteiger partial charge in [-0.25, -0.2) is 5.01 Å². The van der Waals surface area contributed by atoms with Crippen molar-refractivity contribution >= 4 is 28.9 Å². The number of carbonyl (C=O) groups excluding carboxylic acids is 2. The van der Waals surface area contributed by atoms with E-state index in [0.29, 0.717) is 56.3 Å². The summed E-state index contributed by atoms with van der Waals surface area (Å²) in [6.07, 6.45) is -4.12. The molecule has 5 rings (SSSR count). The Kier molecular flexibility index (Phi) is 9.87. The van der Waals surface area contributed by atoms with Crippen LogP contribution in [0.25, 0.3) is 0 Å². The van der Waals surface area contributed by atoms with Crippen molar-refractivity contribution in [1.29, 1.82) is 0 Å². The fourth-order valence-electron chi connectivity index (χ4n) is 5.23. The molecule has 0 spiro atoms. The number of benzene rings is 2. The van der Waals surface area contributed by atoms with Gasteiger partial charge in [-0.3, -0.25) is 14.5 Å². The summed E-state index contributed by atoms with van der Waals surface area (Å²) >= 11 is 1.51. The molecule has 2 aromatic carbocycles. The molecule has 13 heteroatoms. The molecule has 234 valence electrons. The molecule has 2 aliphatic rings. The zero-order valence-electron chi connectivity index (χ0n) is 24.4. The molecule has 2 amide bonds. The minimum absolute atomic E-state index is 0.0583. The van der Waals surface area contributed by atoms with Gasteiger partial charge in [0, 0.05) is 43.7 Å². The number of hydrazone groups is 1. The topological polar surface area (TPSA) is 83.9 Å². The van der Waals surface area contributed by atoms with Gasteiger partial charge >= 0.3 is 6.18 Å². The number of amides is 2. The Morgan fingerprint density at radius 1 is 1.07 bits per heavy atom. The summed E-state index contributed by atoms with van der Waals surface area (Å²) < 4.78 is 56.0. The normalized spacial score (nSPS) is 17.3. The molecular weight excluding hydrogens is 597 g/mol. The second-order valence-corrected chi connectivity index (χ2v) is 11.3. The lowest BCUT2D eigenvalue weighted by Gasteiger charge is -2.31. The van der Waals surface area contributed by atoms with Gasteiger partial charge in [0.05, 0.1) is 49.6 Å². The number of rotatable bonds is 10. The molecule has 0 bridgehead atoms. The van der Waals surface area contributed by atoms with Crippen LogP contribution in [0.3, 0.4) is 0 Å². The molecule has 1 aromatic heterocycles. The lowest BCUT2D eigenvalue weighted by molar-refractivity contribution is -0.137. The third kappa shape index (κ3) is 7.22.